The third-order valence-corrected chi connectivity index (χ3v) is 2.66. The van der Waals surface area contributed by atoms with Gasteiger partial charge in [-0.3, -0.25) is 10.9 Å². The lowest BCUT2D eigenvalue weighted by Crippen LogP contribution is -2.56. The van der Waals surface area contributed by atoms with Crippen LogP contribution >= 0.6 is 0 Å². The van der Waals surface area contributed by atoms with Crippen LogP contribution in [0.4, 0.5) is 0 Å². The molecule has 0 aromatic heterocycles. The van der Waals surface area contributed by atoms with Gasteiger partial charge in [0.05, 0.1) is 12.6 Å². The summed E-state index contributed by atoms with van der Waals surface area (Å²) in [6, 6.07) is 0.0750. The first-order chi connectivity index (χ1) is 8.15. The summed E-state index contributed by atoms with van der Waals surface area (Å²) in [5.41, 5.74) is 5.76. The highest BCUT2D eigenvalue weighted by atomic mass is 16.5. The van der Waals surface area contributed by atoms with E-state index in [9.17, 15) is 0 Å². The summed E-state index contributed by atoms with van der Waals surface area (Å²) in [7, 11) is 3.78. The lowest BCUT2D eigenvalue weighted by molar-refractivity contribution is 0.128. The number of hydrazine groups is 2. The number of rotatable bonds is 4. The maximum Gasteiger partial charge on any atom is 0.220 e. The smallest absolute Gasteiger partial charge is 0.220 e. The van der Waals surface area contributed by atoms with E-state index in [0.717, 1.165) is 26.2 Å². The molecule has 4 N–H and O–H groups in total. The van der Waals surface area contributed by atoms with Gasteiger partial charge < -0.3 is 9.64 Å². The van der Waals surface area contributed by atoms with Crippen LogP contribution in [0.15, 0.2) is 4.99 Å². The van der Waals surface area contributed by atoms with Crippen LogP contribution in [0.1, 0.15) is 6.92 Å². The van der Waals surface area contributed by atoms with Gasteiger partial charge in [-0.1, -0.05) is 0 Å². The second-order valence-electron chi connectivity index (χ2n) is 4.33. The summed E-state index contributed by atoms with van der Waals surface area (Å²) in [5, 5.41) is 2.11. The fraction of sp³-hybridized carbons (Fsp3) is 0.900. The van der Waals surface area contributed by atoms with Crippen LogP contribution in [-0.4, -0.2) is 68.9 Å². The molecule has 1 saturated heterocycles. The molecule has 1 aliphatic heterocycles. The Bertz CT molecular complexity index is 239. The van der Waals surface area contributed by atoms with E-state index in [0.29, 0.717) is 12.6 Å². The van der Waals surface area contributed by atoms with Crippen molar-refractivity contribution in [2.75, 3.05) is 46.9 Å². The summed E-state index contributed by atoms with van der Waals surface area (Å²) in [4.78, 5) is 6.68. The highest BCUT2D eigenvalue weighted by Crippen LogP contribution is 1.96. The zero-order valence-electron chi connectivity index (χ0n) is 10.9. The quantitative estimate of drug-likeness (QED) is 0.244. The standard InChI is InChI=1S/C10H24N6O/c1-9(8-17-3)12-10(13-11)14-16-6-4-15(2)5-7-16/h9H,4-8,11H2,1-3H3,(H2,12,13,14). The van der Waals surface area contributed by atoms with Gasteiger partial charge >= 0.3 is 0 Å². The molecule has 0 aromatic carbocycles. The van der Waals surface area contributed by atoms with Gasteiger partial charge in [0.15, 0.2) is 0 Å². The number of likely N-dealkylation sites (N-methyl/N-ethyl adjacent to an activating group) is 1. The Morgan fingerprint density at radius 2 is 2.06 bits per heavy atom. The van der Waals surface area contributed by atoms with Crippen molar-refractivity contribution in [3.63, 3.8) is 0 Å². The van der Waals surface area contributed by atoms with E-state index in [1.807, 2.05) is 6.92 Å². The van der Waals surface area contributed by atoms with Crippen LogP contribution in [0, 0.1) is 0 Å². The summed E-state index contributed by atoms with van der Waals surface area (Å²) in [5.74, 6) is 6.02. The van der Waals surface area contributed by atoms with Gasteiger partial charge in [-0.05, 0) is 14.0 Å². The lowest BCUT2D eigenvalue weighted by Gasteiger charge is -2.33. The molecule has 100 valence electrons. The first-order valence-corrected chi connectivity index (χ1v) is 5.89. The molecule has 0 bridgehead atoms. The molecule has 1 aliphatic rings. The maximum absolute atomic E-state index is 5.44. The molecule has 0 spiro atoms. The van der Waals surface area contributed by atoms with Crippen LogP contribution in [-0.2, 0) is 4.74 Å². The van der Waals surface area contributed by atoms with Crippen LogP contribution < -0.4 is 16.7 Å². The number of nitrogens with zero attached hydrogens (tertiary/aromatic N) is 3. The number of aliphatic imine (C=N–C) groups is 1. The van der Waals surface area contributed by atoms with Crippen molar-refractivity contribution in [2.24, 2.45) is 10.8 Å². The first kappa shape index (κ1) is 14.2. The Labute approximate surface area is 103 Å². The Kier molecular flexibility index (Phi) is 6.20. The zero-order chi connectivity index (χ0) is 12.7. The fourth-order valence-corrected chi connectivity index (χ4v) is 1.67. The van der Waals surface area contributed by atoms with E-state index in [1.165, 1.54) is 0 Å². The molecular formula is C10H24N6O. The highest BCUT2D eigenvalue weighted by molar-refractivity contribution is 5.78. The Balaban J connectivity index is 2.40. The lowest BCUT2D eigenvalue weighted by atomic mass is 10.4. The molecule has 1 fully saturated rings. The molecule has 7 heteroatoms. The molecule has 0 radical (unpaired) electrons. The third kappa shape index (κ3) is 5.31. The van der Waals surface area contributed by atoms with Crippen molar-refractivity contribution >= 4 is 5.96 Å². The molecule has 0 saturated carbocycles. The molecule has 1 rings (SSSR count). The van der Waals surface area contributed by atoms with E-state index in [1.54, 1.807) is 7.11 Å². The Hall–Kier alpha value is -0.890. The number of guanidine groups is 1. The minimum absolute atomic E-state index is 0.0750. The summed E-state index contributed by atoms with van der Waals surface area (Å²) in [6.45, 7) is 6.55. The largest absolute Gasteiger partial charge is 0.382 e. The molecule has 0 amide bonds. The Morgan fingerprint density at radius 1 is 1.41 bits per heavy atom. The predicted octanol–water partition coefficient (Wildman–Crippen LogP) is -1.41. The molecule has 1 unspecified atom stereocenters. The van der Waals surface area contributed by atoms with Crippen LogP contribution in [0.5, 0.6) is 0 Å². The van der Waals surface area contributed by atoms with Crippen LogP contribution in [0.3, 0.4) is 0 Å². The topological polar surface area (TPSA) is 78.1 Å². The van der Waals surface area contributed by atoms with E-state index in [-0.39, 0.29) is 6.04 Å². The number of nitrogens with one attached hydrogen (secondary N) is 2. The minimum Gasteiger partial charge on any atom is -0.382 e. The van der Waals surface area contributed by atoms with Crippen molar-refractivity contribution in [3.8, 4) is 0 Å². The second kappa shape index (κ2) is 7.44. The van der Waals surface area contributed by atoms with Gasteiger partial charge in [0.25, 0.3) is 0 Å². The fourth-order valence-electron chi connectivity index (χ4n) is 1.67. The molecule has 1 atom stereocenters. The number of methoxy groups -OCH3 is 1. The van der Waals surface area contributed by atoms with Gasteiger partial charge in [0.2, 0.25) is 5.96 Å². The van der Waals surface area contributed by atoms with Crippen molar-refractivity contribution in [1.82, 2.24) is 20.8 Å². The van der Waals surface area contributed by atoms with E-state index >= 15 is 0 Å². The van der Waals surface area contributed by atoms with Crippen molar-refractivity contribution in [2.45, 2.75) is 13.0 Å². The number of piperazine rings is 1. The average molecular weight is 244 g/mol. The minimum atomic E-state index is 0.0750. The van der Waals surface area contributed by atoms with Crippen molar-refractivity contribution < 1.29 is 4.74 Å². The number of hydrogen-bond acceptors (Lipinski definition) is 5. The van der Waals surface area contributed by atoms with E-state index in [4.69, 9.17) is 10.6 Å². The number of hydrogen-bond donors (Lipinski definition) is 3. The molecule has 17 heavy (non-hydrogen) atoms. The molecule has 7 nitrogen and oxygen atoms in total. The maximum atomic E-state index is 5.44. The van der Waals surface area contributed by atoms with Gasteiger partial charge in [0.1, 0.15) is 0 Å². The Morgan fingerprint density at radius 3 is 2.59 bits per heavy atom. The predicted molar refractivity (Wildman–Crippen MR) is 68.3 cm³/mol. The van der Waals surface area contributed by atoms with Crippen molar-refractivity contribution in [1.29, 1.82) is 0 Å². The molecule has 0 aromatic rings. The van der Waals surface area contributed by atoms with Gasteiger partial charge in [-0.25, -0.2) is 15.8 Å². The number of ether oxygens (including phenoxy) is 1. The summed E-state index contributed by atoms with van der Waals surface area (Å²) < 4.78 is 5.03. The van der Waals surface area contributed by atoms with Gasteiger partial charge in [-0.15, -0.1) is 0 Å². The summed E-state index contributed by atoms with van der Waals surface area (Å²) >= 11 is 0. The molecular weight excluding hydrogens is 220 g/mol. The van der Waals surface area contributed by atoms with Gasteiger partial charge in [0, 0.05) is 33.3 Å². The zero-order valence-corrected chi connectivity index (χ0v) is 10.9. The van der Waals surface area contributed by atoms with Gasteiger partial charge in [-0.2, -0.15) is 0 Å². The van der Waals surface area contributed by atoms with Crippen LogP contribution in [0.25, 0.3) is 0 Å². The first-order valence-electron chi connectivity index (χ1n) is 5.89. The summed E-state index contributed by atoms with van der Waals surface area (Å²) in [6.07, 6.45) is 0. The number of nitrogens with two attached hydrogens (primary N) is 1. The van der Waals surface area contributed by atoms with E-state index in [2.05, 4.69) is 32.8 Å². The SMILES string of the molecule is COCC(C)N=C(NN)NN1CCN(C)CC1. The third-order valence-electron chi connectivity index (χ3n) is 2.66. The molecule has 0 aliphatic carbocycles. The molecule has 1 heterocycles. The van der Waals surface area contributed by atoms with E-state index < -0.39 is 0 Å². The highest BCUT2D eigenvalue weighted by Gasteiger charge is 2.14. The monoisotopic (exact) mass is 244 g/mol. The second-order valence-corrected chi connectivity index (χ2v) is 4.33. The normalized spacial score (nSPS) is 21.3. The van der Waals surface area contributed by atoms with Crippen molar-refractivity contribution in [3.05, 3.63) is 0 Å². The van der Waals surface area contributed by atoms with Crippen LogP contribution in [0.2, 0.25) is 0 Å². The average Bonchev–Trinajstić information content (AvgIpc) is 2.31.